The van der Waals surface area contributed by atoms with Gasteiger partial charge in [0.15, 0.2) is 6.04 Å². The van der Waals surface area contributed by atoms with E-state index in [2.05, 4.69) is 34.8 Å². The van der Waals surface area contributed by atoms with Crippen LogP contribution >= 0.6 is 23.1 Å². The molecule has 3 N–H and O–H groups in total. The van der Waals surface area contributed by atoms with Crippen LogP contribution in [0.2, 0.25) is 0 Å². The topological polar surface area (TPSA) is 154 Å². The second-order valence-corrected chi connectivity index (χ2v) is 14.5. The molecule has 0 aliphatic carbocycles. The summed E-state index contributed by atoms with van der Waals surface area (Å²) < 4.78 is 6.18. The zero-order valence-electron chi connectivity index (χ0n) is 27.0. The van der Waals surface area contributed by atoms with Gasteiger partial charge in [0, 0.05) is 24.1 Å². The molecule has 6 rings (SSSR count). The Morgan fingerprint density at radius 1 is 1.04 bits per heavy atom. The molecule has 2 aromatic rings. The molecule has 4 aliphatic rings. The quantitative estimate of drug-likeness (QED) is 0.449. The van der Waals surface area contributed by atoms with Gasteiger partial charge in [-0.25, -0.2) is 9.98 Å². The van der Waals surface area contributed by atoms with E-state index in [9.17, 15) is 19.2 Å². The average Bonchev–Trinajstić information content (AvgIpc) is 3.89. The molecule has 250 valence electrons. The smallest absolute Gasteiger partial charge is 0.271 e. The molecule has 14 heteroatoms. The standard InChI is InChI=1S/C33H41N7O5S2/c1-5-17(2)25-32-37-22(16-47-32)27(41)34-18(3)31-36-23(15-46-31)28(42)35-21(14-20-10-7-6-8-11-20)33(44)40-13-9-12-24(40)30-39-26(19(4)45-30)29(43)38-25/h6-8,10-11,15,17-19,21-22,24-26H,5,9,12-14,16H2,1-4H3,(H,34,41)(H,35,42)(H,38,43)/t17-,18-,19-,21+,22?,24+,25-,26+/m1/s1. The fourth-order valence-corrected chi connectivity index (χ4v) is 8.35. The van der Waals surface area contributed by atoms with Gasteiger partial charge in [-0.15, -0.1) is 23.1 Å². The number of thiazole rings is 1. The van der Waals surface area contributed by atoms with Crippen LogP contribution in [0.5, 0.6) is 0 Å². The molecule has 1 unspecified atom stereocenters. The Labute approximate surface area is 282 Å². The predicted octanol–water partition coefficient (Wildman–Crippen LogP) is 2.90. The average molecular weight is 680 g/mol. The number of hydrogen-bond acceptors (Lipinski definition) is 10. The summed E-state index contributed by atoms with van der Waals surface area (Å²) in [5.41, 5.74) is 1.08. The normalized spacial score (nSPS) is 30.6. The molecule has 47 heavy (non-hydrogen) atoms. The minimum Gasteiger partial charge on any atom is -0.474 e. The molecule has 4 aliphatic heterocycles. The number of amides is 4. The van der Waals surface area contributed by atoms with Crippen molar-refractivity contribution in [3.63, 3.8) is 0 Å². The number of thioether (sulfide) groups is 1. The first kappa shape index (κ1) is 33.1. The lowest BCUT2D eigenvalue weighted by Gasteiger charge is -2.29. The van der Waals surface area contributed by atoms with Crippen molar-refractivity contribution in [2.45, 2.75) is 95.7 Å². The molecule has 1 saturated heterocycles. The lowest BCUT2D eigenvalue weighted by atomic mass is 9.99. The van der Waals surface area contributed by atoms with Crippen molar-refractivity contribution < 1.29 is 23.9 Å². The third-order valence-electron chi connectivity index (χ3n) is 9.23. The summed E-state index contributed by atoms with van der Waals surface area (Å²) in [6.07, 6.45) is 1.92. The Hall–Kier alpha value is -3.78. The van der Waals surface area contributed by atoms with E-state index in [4.69, 9.17) is 14.7 Å². The van der Waals surface area contributed by atoms with E-state index in [-0.39, 0.29) is 41.8 Å². The van der Waals surface area contributed by atoms with Gasteiger partial charge in [-0.1, -0.05) is 50.6 Å². The van der Waals surface area contributed by atoms with Gasteiger partial charge in [0.2, 0.25) is 23.6 Å². The largest absolute Gasteiger partial charge is 0.474 e. The van der Waals surface area contributed by atoms with Crippen molar-refractivity contribution in [1.29, 1.82) is 0 Å². The molecular formula is C33H41N7O5S2. The highest BCUT2D eigenvalue weighted by atomic mass is 32.2. The maximum absolute atomic E-state index is 14.2. The second-order valence-electron chi connectivity index (χ2n) is 12.6. The van der Waals surface area contributed by atoms with E-state index in [1.165, 1.54) is 23.1 Å². The summed E-state index contributed by atoms with van der Waals surface area (Å²) in [6.45, 7) is 8.21. The number of rotatable bonds is 4. The molecular weight excluding hydrogens is 639 g/mol. The minimum atomic E-state index is -0.872. The number of aromatic nitrogens is 1. The number of benzene rings is 1. The van der Waals surface area contributed by atoms with Crippen LogP contribution in [-0.2, 0) is 25.5 Å². The van der Waals surface area contributed by atoms with Crippen molar-refractivity contribution in [1.82, 2.24) is 25.8 Å². The van der Waals surface area contributed by atoms with Crippen molar-refractivity contribution in [2.75, 3.05) is 12.3 Å². The lowest BCUT2D eigenvalue weighted by molar-refractivity contribution is -0.133. The predicted molar refractivity (Wildman–Crippen MR) is 182 cm³/mol. The van der Waals surface area contributed by atoms with Crippen molar-refractivity contribution >= 4 is 57.7 Å². The van der Waals surface area contributed by atoms with Crippen LogP contribution in [-0.4, -0.2) is 93.1 Å². The molecule has 12 nitrogen and oxygen atoms in total. The summed E-state index contributed by atoms with van der Waals surface area (Å²) in [7, 11) is 0. The Balaban J connectivity index is 1.35. The van der Waals surface area contributed by atoms with Crippen LogP contribution < -0.4 is 16.0 Å². The van der Waals surface area contributed by atoms with Gasteiger partial charge in [0.25, 0.3) is 5.91 Å². The fourth-order valence-electron chi connectivity index (χ4n) is 6.31. The fraction of sp³-hybridized carbons (Fsp3) is 0.545. The first-order valence-electron chi connectivity index (χ1n) is 16.3. The van der Waals surface area contributed by atoms with Crippen molar-refractivity contribution in [3.8, 4) is 0 Å². The number of aliphatic imine (C=N–C) groups is 2. The molecule has 8 atom stereocenters. The number of fused-ring (bicyclic) bond motifs is 6. The Morgan fingerprint density at radius 3 is 2.60 bits per heavy atom. The highest BCUT2D eigenvalue weighted by Gasteiger charge is 2.44. The van der Waals surface area contributed by atoms with E-state index in [0.29, 0.717) is 34.7 Å². The number of hydrogen-bond donors (Lipinski definition) is 3. The molecule has 5 heterocycles. The summed E-state index contributed by atoms with van der Waals surface area (Å²) in [6, 6.07) is 5.96. The number of carbonyl (C=O) groups is 4. The van der Waals surface area contributed by atoms with E-state index >= 15 is 0 Å². The third-order valence-corrected chi connectivity index (χ3v) is 11.4. The third kappa shape index (κ3) is 7.08. The van der Waals surface area contributed by atoms with E-state index in [1.807, 2.05) is 44.2 Å². The zero-order chi connectivity index (χ0) is 33.2. The van der Waals surface area contributed by atoms with Gasteiger partial charge in [-0.2, -0.15) is 0 Å². The van der Waals surface area contributed by atoms with Crippen molar-refractivity contribution in [3.05, 3.63) is 52.0 Å². The van der Waals surface area contributed by atoms with Crippen LogP contribution in [0.4, 0.5) is 0 Å². The first-order chi connectivity index (χ1) is 22.6. The van der Waals surface area contributed by atoms with E-state index in [1.54, 1.807) is 10.3 Å². The number of nitrogens with one attached hydrogen (secondary N) is 3. The maximum atomic E-state index is 14.2. The number of nitrogens with zero attached hydrogens (tertiary/aromatic N) is 4. The van der Waals surface area contributed by atoms with Gasteiger partial charge in [-0.05, 0) is 38.2 Å². The molecule has 4 amide bonds. The summed E-state index contributed by atoms with van der Waals surface area (Å²) in [4.78, 5) is 70.6. The molecule has 1 fully saturated rings. The second kappa shape index (κ2) is 14.1. The molecule has 1 aromatic carbocycles. The van der Waals surface area contributed by atoms with E-state index < -0.39 is 42.2 Å². The van der Waals surface area contributed by atoms with Crippen LogP contribution in [0, 0.1) is 5.92 Å². The molecule has 6 bridgehead atoms. The van der Waals surface area contributed by atoms with Crippen molar-refractivity contribution in [2.24, 2.45) is 15.9 Å². The SMILES string of the molecule is CC[C@@H](C)[C@H]1NC(=O)[C@H]2N=C(O[C@@H]2C)[C@@H]2CCCN2C(=O)[C@H](Cc2ccccc2)NC(=O)c2csc(n2)[C@@H](C)NC(=O)C2CSC1=N2. The monoisotopic (exact) mass is 679 g/mol. The number of ether oxygens (including phenoxy) is 1. The maximum Gasteiger partial charge on any atom is 0.271 e. The minimum absolute atomic E-state index is 0.0666. The zero-order valence-corrected chi connectivity index (χ0v) is 28.6. The number of carbonyl (C=O) groups excluding carboxylic acids is 4. The first-order valence-corrected chi connectivity index (χ1v) is 18.2. The molecule has 0 spiro atoms. The summed E-state index contributed by atoms with van der Waals surface area (Å²) >= 11 is 2.75. The van der Waals surface area contributed by atoms with Crippen LogP contribution in [0.15, 0.2) is 45.7 Å². The van der Waals surface area contributed by atoms with Crippen LogP contribution in [0.3, 0.4) is 0 Å². The van der Waals surface area contributed by atoms with Gasteiger partial charge >= 0.3 is 0 Å². The lowest BCUT2D eigenvalue weighted by Crippen LogP contribution is -2.52. The highest BCUT2D eigenvalue weighted by Crippen LogP contribution is 2.29. The molecule has 1 aromatic heterocycles. The molecule has 0 radical (unpaired) electrons. The van der Waals surface area contributed by atoms with Gasteiger partial charge < -0.3 is 25.6 Å². The Bertz CT molecular complexity index is 1580. The Kier molecular flexibility index (Phi) is 9.97. The van der Waals surface area contributed by atoms with E-state index in [0.717, 1.165) is 18.4 Å². The van der Waals surface area contributed by atoms with Gasteiger partial charge in [-0.3, -0.25) is 24.2 Å². The Morgan fingerprint density at radius 2 is 1.83 bits per heavy atom. The highest BCUT2D eigenvalue weighted by molar-refractivity contribution is 8.14. The summed E-state index contributed by atoms with van der Waals surface area (Å²) in [5, 5.41) is 12.0. The van der Waals surface area contributed by atoms with Gasteiger partial charge in [0.05, 0.1) is 17.1 Å². The molecule has 0 saturated carbocycles. The van der Waals surface area contributed by atoms with Gasteiger partial charge in [0.1, 0.15) is 34.9 Å². The van der Waals surface area contributed by atoms with Crippen LogP contribution in [0.25, 0.3) is 0 Å². The van der Waals surface area contributed by atoms with Crippen LogP contribution in [0.1, 0.15) is 74.1 Å². The summed E-state index contributed by atoms with van der Waals surface area (Å²) in [5.74, 6) is -0.360.